The van der Waals surface area contributed by atoms with Gasteiger partial charge in [0.05, 0.1) is 18.1 Å². The third kappa shape index (κ3) is 4.35. The number of hydrogen-bond acceptors (Lipinski definition) is 6. The van der Waals surface area contributed by atoms with Gasteiger partial charge in [-0.05, 0) is 23.8 Å². The molecule has 0 bridgehead atoms. The van der Waals surface area contributed by atoms with Crippen molar-refractivity contribution in [3.8, 4) is 11.3 Å². The Hall–Kier alpha value is -4.92. The van der Waals surface area contributed by atoms with E-state index in [1.807, 2.05) is 53.3 Å². The number of carbonyl (C=O) groups is 1. The van der Waals surface area contributed by atoms with Crippen molar-refractivity contribution in [1.29, 1.82) is 0 Å². The Labute approximate surface area is 193 Å². The van der Waals surface area contributed by atoms with Gasteiger partial charge in [-0.15, -0.1) is 0 Å². The van der Waals surface area contributed by atoms with E-state index in [0.29, 0.717) is 28.6 Å². The zero-order valence-electron chi connectivity index (χ0n) is 17.9. The van der Waals surface area contributed by atoms with Crippen molar-refractivity contribution in [3.05, 3.63) is 112 Å². The maximum atomic E-state index is 12.7. The highest BCUT2D eigenvalue weighted by molar-refractivity contribution is 6.05. The summed E-state index contributed by atoms with van der Waals surface area (Å²) in [6, 6.07) is 20.5. The van der Waals surface area contributed by atoms with Crippen LogP contribution in [0.15, 0.2) is 95.2 Å². The summed E-state index contributed by atoms with van der Waals surface area (Å²) in [4.78, 5) is 28.9. The normalized spacial score (nSPS) is 11.2. The molecule has 3 aromatic heterocycles. The fraction of sp³-hybridized carbons (Fsp3) is 0.0400. The third-order valence-corrected chi connectivity index (χ3v) is 5.19. The molecular weight excluding hydrogens is 430 g/mol. The molecule has 0 unspecified atom stereocenters. The number of H-pyrrole nitrogens is 1. The van der Waals surface area contributed by atoms with Crippen molar-refractivity contribution in [1.82, 2.24) is 30.4 Å². The predicted octanol–water partition coefficient (Wildman–Crippen LogP) is 2.99. The molecule has 2 N–H and O–H groups in total. The number of pyridine rings is 1. The van der Waals surface area contributed by atoms with Crippen LogP contribution in [0.2, 0.25) is 0 Å². The van der Waals surface area contributed by atoms with Crippen LogP contribution in [0.1, 0.15) is 21.6 Å². The fourth-order valence-electron chi connectivity index (χ4n) is 3.61. The average molecular weight is 449 g/mol. The molecule has 1 amide bonds. The van der Waals surface area contributed by atoms with Crippen LogP contribution in [0.5, 0.6) is 0 Å². The van der Waals surface area contributed by atoms with Gasteiger partial charge in [0.25, 0.3) is 11.5 Å². The number of fused-ring (bicyclic) bond motifs is 1. The molecule has 0 fully saturated rings. The molecule has 0 aliphatic rings. The first-order chi connectivity index (χ1) is 16.7. The minimum Gasteiger partial charge on any atom is -0.267 e. The van der Waals surface area contributed by atoms with E-state index in [4.69, 9.17) is 5.10 Å². The van der Waals surface area contributed by atoms with E-state index in [1.165, 1.54) is 6.21 Å². The number of benzene rings is 2. The van der Waals surface area contributed by atoms with Crippen molar-refractivity contribution in [2.24, 2.45) is 5.10 Å². The van der Waals surface area contributed by atoms with E-state index < -0.39 is 5.91 Å². The number of nitrogens with one attached hydrogen (secondary N) is 2. The molecule has 0 aliphatic heterocycles. The Kier molecular flexibility index (Phi) is 5.73. The molecule has 0 saturated carbocycles. The minimum absolute atomic E-state index is 0.0830. The summed E-state index contributed by atoms with van der Waals surface area (Å²) >= 11 is 0. The first-order valence-electron chi connectivity index (χ1n) is 10.5. The van der Waals surface area contributed by atoms with Gasteiger partial charge in [0, 0.05) is 35.1 Å². The molecule has 3 heterocycles. The highest BCUT2D eigenvalue weighted by atomic mass is 16.2. The van der Waals surface area contributed by atoms with Crippen LogP contribution in [-0.2, 0) is 6.54 Å². The van der Waals surface area contributed by atoms with Crippen LogP contribution in [0.25, 0.3) is 22.0 Å². The van der Waals surface area contributed by atoms with E-state index in [-0.39, 0.29) is 11.3 Å². The molecular formula is C25H19N7O2. The van der Waals surface area contributed by atoms with Gasteiger partial charge in [-0.3, -0.25) is 19.3 Å². The third-order valence-electron chi connectivity index (χ3n) is 5.19. The van der Waals surface area contributed by atoms with Gasteiger partial charge < -0.3 is 0 Å². The molecule has 9 nitrogen and oxygen atoms in total. The summed E-state index contributed by atoms with van der Waals surface area (Å²) < 4.78 is 1.82. The lowest BCUT2D eigenvalue weighted by Gasteiger charge is -2.03. The highest BCUT2D eigenvalue weighted by Crippen LogP contribution is 2.20. The summed E-state index contributed by atoms with van der Waals surface area (Å²) in [5.41, 5.74) is 5.55. The maximum Gasteiger partial charge on any atom is 0.292 e. The van der Waals surface area contributed by atoms with Crippen LogP contribution < -0.4 is 11.0 Å². The second kappa shape index (κ2) is 9.29. The number of aromatic amines is 1. The minimum atomic E-state index is -0.539. The Morgan fingerprint density at radius 3 is 2.62 bits per heavy atom. The van der Waals surface area contributed by atoms with Gasteiger partial charge >= 0.3 is 0 Å². The Balaban J connectivity index is 1.42. The van der Waals surface area contributed by atoms with Crippen molar-refractivity contribution in [3.63, 3.8) is 0 Å². The summed E-state index contributed by atoms with van der Waals surface area (Å²) in [7, 11) is 0. The van der Waals surface area contributed by atoms with Crippen LogP contribution >= 0.6 is 0 Å². The molecule has 0 saturated heterocycles. The van der Waals surface area contributed by atoms with Gasteiger partial charge in [-0.1, -0.05) is 48.5 Å². The molecule has 2 aromatic carbocycles. The maximum absolute atomic E-state index is 12.7. The monoisotopic (exact) mass is 449 g/mol. The smallest absolute Gasteiger partial charge is 0.267 e. The van der Waals surface area contributed by atoms with E-state index >= 15 is 0 Å². The number of hydrogen-bond donors (Lipinski definition) is 2. The lowest BCUT2D eigenvalue weighted by molar-refractivity contribution is 0.0951. The molecule has 166 valence electrons. The highest BCUT2D eigenvalue weighted by Gasteiger charge is 2.14. The number of rotatable bonds is 6. The first kappa shape index (κ1) is 21.0. The lowest BCUT2D eigenvalue weighted by Crippen LogP contribution is -2.22. The number of nitrogens with zero attached hydrogens (tertiary/aromatic N) is 5. The molecule has 9 heteroatoms. The quantitative estimate of drug-likeness (QED) is 0.305. The van der Waals surface area contributed by atoms with Gasteiger partial charge in [-0.25, -0.2) is 10.5 Å². The molecule has 0 atom stereocenters. The Morgan fingerprint density at radius 1 is 1.03 bits per heavy atom. The molecule has 0 radical (unpaired) electrons. The number of hydrazone groups is 1. The summed E-state index contributed by atoms with van der Waals surface area (Å²) in [6.07, 6.45) is 6.81. The van der Waals surface area contributed by atoms with Gasteiger partial charge in [-0.2, -0.15) is 15.3 Å². The molecule has 0 spiro atoms. The summed E-state index contributed by atoms with van der Waals surface area (Å²) in [6.45, 7) is 0.585. The van der Waals surface area contributed by atoms with Crippen molar-refractivity contribution < 1.29 is 4.79 Å². The zero-order valence-corrected chi connectivity index (χ0v) is 17.9. The van der Waals surface area contributed by atoms with Crippen LogP contribution in [-0.4, -0.2) is 37.1 Å². The second-order valence-electron chi connectivity index (χ2n) is 7.50. The average Bonchev–Trinajstić information content (AvgIpc) is 3.28. The van der Waals surface area contributed by atoms with E-state index in [2.05, 4.69) is 25.7 Å². The number of carbonyl (C=O) groups excluding carboxylic acids is 1. The van der Waals surface area contributed by atoms with Crippen molar-refractivity contribution >= 4 is 22.9 Å². The SMILES string of the molecule is O=C(N/N=C/c1cn(Cc2ccccc2)nc1-c1cccnc1)c1n[nH]c(=O)c2ccccc12. The first-order valence-corrected chi connectivity index (χ1v) is 10.5. The number of aromatic nitrogens is 5. The van der Waals surface area contributed by atoms with Crippen LogP contribution in [0.3, 0.4) is 0 Å². The predicted molar refractivity (Wildman–Crippen MR) is 128 cm³/mol. The van der Waals surface area contributed by atoms with Crippen molar-refractivity contribution in [2.75, 3.05) is 0 Å². The molecule has 34 heavy (non-hydrogen) atoms. The summed E-state index contributed by atoms with van der Waals surface area (Å²) in [5, 5.41) is 15.9. The van der Waals surface area contributed by atoms with E-state index in [1.54, 1.807) is 36.7 Å². The topological polar surface area (TPSA) is 118 Å². The molecule has 5 rings (SSSR count). The largest absolute Gasteiger partial charge is 0.292 e. The van der Waals surface area contributed by atoms with Crippen LogP contribution in [0, 0.1) is 0 Å². The Morgan fingerprint density at radius 2 is 1.82 bits per heavy atom. The van der Waals surface area contributed by atoms with Gasteiger partial charge in [0.15, 0.2) is 5.69 Å². The van der Waals surface area contributed by atoms with Crippen molar-refractivity contribution in [2.45, 2.75) is 6.54 Å². The standard InChI is InChI=1S/C25H19N7O2/c33-24-21-11-5-4-10-20(21)23(28-30-24)25(34)29-27-14-19-16-32(15-17-7-2-1-3-8-17)31-22(19)18-9-6-12-26-13-18/h1-14,16H,15H2,(H,29,34)(H,30,33)/b27-14+. The lowest BCUT2D eigenvalue weighted by atomic mass is 10.1. The molecule has 5 aromatic rings. The van der Waals surface area contributed by atoms with Gasteiger partial charge in [0.2, 0.25) is 0 Å². The van der Waals surface area contributed by atoms with Crippen LogP contribution in [0.4, 0.5) is 0 Å². The number of amides is 1. The Bertz CT molecular complexity index is 1540. The fourth-order valence-corrected chi connectivity index (χ4v) is 3.61. The summed E-state index contributed by atoms with van der Waals surface area (Å²) in [5.74, 6) is -0.539. The zero-order chi connectivity index (χ0) is 23.3. The van der Waals surface area contributed by atoms with Gasteiger partial charge in [0.1, 0.15) is 5.69 Å². The second-order valence-corrected chi connectivity index (χ2v) is 7.50. The van der Waals surface area contributed by atoms with E-state index in [0.717, 1.165) is 11.1 Å². The van der Waals surface area contributed by atoms with E-state index in [9.17, 15) is 9.59 Å². The molecule has 0 aliphatic carbocycles.